The number of nitrogens with one attached hydrogen (secondary N) is 1. The van der Waals surface area contributed by atoms with Gasteiger partial charge in [-0.25, -0.2) is 0 Å². The fraction of sp³-hybridized carbons (Fsp3) is 0.571. The van der Waals surface area contributed by atoms with Crippen LogP contribution in [0.1, 0.15) is 31.7 Å². The lowest BCUT2D eigenvalue weighted by atomic mass is 10.0. The molecule has 1 aliphatic rings. The van der Waals surface area contributed by atoms with Gasteiger partial charge >= 0.3 is 0 Å². The van der Waals surface area contributed by atoms with Crippen LogP contribution < -0.4 is 5.32 Å². The summed E-state index contributed by atoms with van der Waals surface area (Å²) in [5, 5.41) is 4.92. The van der Waals surface area contributed by atoms with E-state index < -0.39 is 0 Å². The first-order valence-corrected chi connectivity index (χ1v) is 7.12. The molecule has 0 amide bonds. The van der Waals surface area contributed by atoms with E-state index in [1.807, 2.05) is 12.1 Å². The van der Waals surface area contributed by atoms with E-state index in [2.05, 4.69) is 18.3 Å². The Kier molecular flexibility index (Phi) is 4.72. The van der Waals surface area contributed by atoms with E-state index in [-0.39, 0.29) is 0 Å². The number of likely N-dealkylation sites (N-methyl/N-ethyl adjacent to an activating group) is 1. The Hall–Kier alpha value is -0.240. The molecule has 3 heteroatoms. The Labute approximate surface area is 114 Å². The Bertz CT molecular complexity index is 374. The maximum Gasteiger partial charge on any atom is 0.0624 e. The van der Waals surface area contributed by atoms with Crippen LogP contribution in [-0.4, -0.2) is 12.6 Å². The van der Waals surface area contributed by atoms with Crippen LogP contribution in [0.4, 0.5) is 0 Å². The van der Waals surface area contributed by atoms with Crippen LogP contribution in [0, 0.1) is 5.92 Å². The molecular formula is C14H19Cl2N. The SMILES string of the molecule is CCNC(Cc1cccc(Cl)c1Cl)CC1CC1. The van der Waals surface area contributed by atoms with Crippen LogP contribution in [0.25, 0.3) is 0 Å². The summed E-state index contributed by atoms with van der Waals surface area (Å²) in [6.07, 6.45) is 5.02. The molecule has 0 aromatic heterocycles. The maximum atomic E-state index is 6.23. The third-order valence-corrected chi connectivity index (χ3v) is 4.16. The molecular weight excluding hydrogens is 253 g/mol. The highest BCUT2D eigenvalue weighted by atomic mass is 35.5. The summed E-state index contributed by atoms with van der Waals surface area (Å²) in [7, 11) is 0. The van der Waals surface area contributed by atoms with Crippen molar-refractivity contribution in [1.29, 1.82) is 0 Å². The van der Waals surface area contributed by atoms with Gasteiger partial charge in [-0.05, 0) is 36.9 Å². The van der Waals surface area contributed by atoms with Gasteiger partial charge in [0.1, 0.15) is 0 Å². The van der Waals surface area contributed by atoms with Gasteiger partial charge in [0.25, 0.3) is 0 Å². The van der Waals surface area contributed by atoms with Crippen LogP contribution in [0.5, 0.6) is 0 Å². The van der Waals surface area contributed by atoms with Gasteiger partial charge in [0.2, 0.25) is 0 Å². The standard InChI is InChI=1S/C14H19Cl2N/c1-2-17-12(8-10-6-7-10)9-11-4-3-5-13(15)14(11)16/h3-5,10,12,17H,2,6-9H2,1H3. The van der Waals surface area contributed by atoms with Crippen molar-refractivity contribution in [2.45, 2.75) is 38.6 Å². The molecule has 1 N–H and O–H groups in total. The zero-order valence-corrected chi connectivity index (χ0v) is 11.7. The monoisotopic (exact) mass is 271 g/mol. The van der Waals surface area contributed by atoms with Crippen molar-refractivity contribution in [3.05, 3.63) is 33.8 Å². The Morgan fingerprint density at radius 3 is 2.76 bits per heavy atom. The molecule has 1 atom stereocenters. The van der Waals surface area contributed by atoms with Crippen LogP contribution in [0.15, 0.2) is 18.2 Å². The molecule has 1 aromatic carbocycles. The van der Waals surface area contributed by atoms with Crippen LogP contribution in [0.2, 0.25) is 10.0 Å². The van der Waals surface area contributed by atoms with E-state index in [1.54, 1.807) is 0 Å². The molecule has 94 valence electrons. The first-order valence-electron chi connectivity index (χ1n) is 6.37. The molecule has 1 fully saturated rings. The summed E-state index contributed by atoms with van der Waals surface area (Å²) in [6.45, 7) is 3.16. The summed E-state index contributed by atoms with van der Waals surface area (Å²) >= 11 is 12.3. The zero-order chi connectivity index (χ0) is 12.3. The van der Waals surface area contributed by atoms with Gasteiger partial charge in [-0.3, -0.25) is 0 Å². The highest BCUT2D eigenvalue weighted by Crippen LogP contribution is 2.35. The van der Waals surface area contributed by atoms with Gasteiger partial charge in [-0.1, -0.05) is 55.1 Å². The lowest BCUT2D eigenvalue weighted by molar-refractivity contribution is 0.466. The molecule has 0 aliphatic heterocycles. The first-order chi connectivity index (χ1) is 8.20. The molecule has 1 aliphatic carbocycles. The quantitative estimate of drug-likeness (QED) is 0.813. The van der Waals surface area contributed by atoms with Crippen LogP contribution >= 0.6 is 23.2 Å². The Morgan fingerprint density at radius 2 is 2.12 bits per heavy atom. The van der Waals surface area contributed by atoms with Gasteiger partial charge in [0.05, 0.1) is 10.0 Å². The van der Waals surface area contributed by atoms with Gasteiger partial charge in [-0.15, -0.1) is 0 Å². The lowest BCUT2D eigenvalue weighted by Gasteiger charge is -2.18. The molecule has 1 saturated carbocycles. The van der Waals surface area contributed by atoms with Gasteiger partial charge in [0, 0.05) is 6.04 Å². The summed E-state index contributed by atoms with van der Waals surface area (Å²) < 4.78 is 0. The highest BCUT2D eigenvalue weighted by molar-refractivity contribution is 6.42. The van der Waals surface area contributed by atoms with Crippen molar-refractivity contribution in [1.82, 2.24) is 5.32 Å². The molecule has 0 bridgehead atoms. The number of hydrogen-bond donors (Lipinski definition) is 1. The lowest BCUT2D eigenvalue weighted by Crippen LogP contribution is -2.31. The van der Waals surface area contributed by atoms with Crippen molar-refractivity contribution in [3.63, 3.8) is 0 Å². The average Bonchev–Trinajstić information content (AvgIpc) is 3.09. The molecule has 0 heterocycles. The topological polar surface area (TPSA) is 12.0 Å². The first kappa shape index (κ1) is 13.2. The Morgan fingerprint density at radius 1 is 1.35 bits per heavy atom. The molecule has 2 rings (SSSR count). The molecule has 17 heavy (non-hydrogen) atoms. The minimum atomic E-state index is 0.531. The number of hydrogen-bond acceptors (Lipinski definition) is 1. The van der Waals surface area contributed by atoms with E-state index in [0.29, 0.717) is 16.1 Å². The minimum absolute atomic E-state index is 0.531. The van der Waals surface area contributed by atoms with Crippen LogP contribution in [0.3, 0.4) is 0 Å². The average molecular weight is 272 g/mol. The zero-order valence-electron chi connectivity index (χ0n) is 10.2. The van der Waals surface area contributed by atoms with E-state index >= 15 is 0 Å². The number of rotatable bonds is 6. The van der Waals surface area contributed by atoms with Crippen molar-refractivity contribution >= 4 is 23.2 Å². The molecule has 1 aromatic rings. The third kappa shape index (κ3) is 3.87. The fourth-order valence-electron chi connectivity index (χ4n) is 2.25. The van der Waals surface area contributed by atoms with Crippen molar-refractivity contribution in [2.75, 3.05) is 6.54 Å². The number of benzene rings is 1. The van der Waals surface area contributed by atoms with E-state index in [1.165, 1.54) is 19.3 Å². The van der Waals surface area contributed by atoms with E-state index in [4.69, 9.17) is 23.2 Å². The smallest absolute Gasteiger partial charge is 0.0624 e. The summed E-state index contributed by atoms with van der Waals surface area (Å²) in [4.78, 5) is 0. The van der Waals surface area contributed by atoms with Gasteiger partial charge in [0.15, 0.2) is 0 Å². The summed E-state index contributed by atoms with van der Waals surface area (Å²) in [6, 6.07) is 6.43. The van der Waals surface area contributed by atoms with Crippen molar-refractivity contribution in [3.8, 4) is 0 Å². The second kappa shape index (κ2) is 6.08. The van der Waals surface area contributed by atoms with Gasteiger partial charge in [-0.2, -0.15) is 0 Å². The fourth-order valence-corrected chi connectivity index (χ4v) is 2.65. The molecule has 0 saturated heterocycles. The minimum Gasteiger partial charge on any atom is -0.314 e. The van der Waals surface area contributed by atoms with Crippen molar-refractivity contribution in [2.24, 2.45) is 5.92 Å². The normalized spacial score (nSPS) is 17.1. The van der Waals surface area contributed by atoms with E-state index in [9.17, 15) is 0 Å². The molecule has 1 nitrogen and oxygen atoms in total. The van der Waals surface area contributed by atoms with Gasteiger partial charge < -0.3 is 5.32 Å². The highest BCUT2D eigenvalue weighted by Gasteiger charge is 2.25. The largest absolute Gasteiger partial charge is 0.314 e. The molecule has 0 spiro atoms. The van der Waals surface area contributed by atoms with Crippen molar-refractivity contribution < 1.29 is 0 Å². The Balaban J connectivity index is 2.02. The molecule has 1 unspecified atom stereocenters. The van der Waals surface area contributed by atoms with Crippen LogP contribution in [-0.2, 0) is 6.42 Å². The second-order valence-corrected chi connectivity index (χ2v) is 5.64. The predicted molar refractivity (Wildman–Crippen MR) is 75.0 cm³/mol. The summed E-state index contributed by atoms with van der Waals surface area (Å²) in [5.74, 6) is 0.928. The second-order valence-electron chi connectivity index (χ2n) is 4.85. The maximum absolute atomic E-state index is 6.23. The summed E-state index contributed by atoms with van der Waals surface area (Å²) in [5.41, 5.74) is 1.16. The predicted octanol–water partition coefficient (Wildman–Crippen LogP) is 4.31. The third-order valence-electron chi connectivity index (χ3n) is 3.31. The number of halogens is 2. The van der Waals surface area contributed by atoms with E-state index in [0.717, 1.165) is 24.4 Å². The molecule has 0 radical (unpaired) electrons.